The van der Waals surface area contributed by atoms with E-state index in [1.807, 2.05) is 24.3 Å². The predicted molar refractivity (Wildman–Crippen MR) is 144 cm³/mol. The monoisotopic (exact) mass is 531 g/mol. The van der Waals surface area contributed by atoms with E-state index < -0.39 is 41.1 Å². The van der Waals surface area contributed by atoms with Crippen LogP contribution in [0.4, 0.5) is 0 Å². The normalized spacial score (nSPS) is 15.8. The lowest BCUT2D eigenvalue weighted by Gasteiger charge is -2.32. The Labute approximate surface area is 222 Å². The number of para-hydroxylation sites is 2. The largest absolute Gasteiger partial charge is 0.481 e. The number of carbonyl (C=O) groups is 3. The summed E-state index contributed by atoms with van der Waals surface area (Å²) in [5.74, 6) is -2.37. The second-order valence-electron chi connectivity index (χ2n) is 9.90. The Morgan fingerprint density at radius 1 is 1.00 bits per heavy atom. The summed E-state index contributed by atoms with van der Waals surface area (Å²) in [6, 6.07) is 11.9. The first-order chi connectivity index (χ1) is 18.7. The van der Waals surface area contributed by atoms with Crippen LogP contribution in [0.15, 0.2) is 64.3 Å². The van der Waals surface area contributed by atoms with Gasteiger partial charge in [-0.3, -0.25) is 19.2 Å². The van der Waals surface area contributed by atoms with Crippen LogP contribution >= 0.6 is 0 Å². The smallest absolute Gasteiger partial charge is 0.329 e. The highest BCUT2D eigenvalue weighted by Crippen LogP contribution is 2.23. The number of benzene rings is 2. The minimum absolute atomic E-state index is 0.0299. The molecule has 1 fully saturated rings. The van der Waals surface area contributed by atoms with Crippen LogP contribution in [0.2, 0.25) is 0 Å². The van der Waals surface area contributed by atoms with Gasteiger partial charge in [-0.15, -0.1) is 0 Å². The quantitative estimate of drug-likeness (QED) is 0.285. The van der Waals surface area contributed by atoms with Crippen molar-refractivity contribution >= 4 is 39.6 Å². The topological polar surface area (TPSA) is 157 Å². The molecule has 0 bridgehead atoms. The van der Waals surface area contributed by atoms with Gasteiger partial charge >= 0.3 is 11.7 Å². The maximum absolute atomic E-state index is 13.7. The Kier molecular flexibility index (Phi) is 7.05. The summed E-state index contributed by atoms with van der Waals surface area (Å²) in [5, 5.41) is 13.0. The fourth-order valence-corrected chi connectivity index (χ4v) is 5.26. The highest BCUT2D eigenvalue weighted by Gasteiger charge is 2.32. The lowest BCUT2D eigenvalue weighted by Crippen LogP contribution is -2.53. The van der Waals surface area contributed by atoms with Gasteiger partial charge < -0.3 is 25.3 Å². The van der Waals surface area contributed by atoms with Crippen molar-refractivity contribution in [3.8, 4) is 0 Å². The van der Waals surface area contributed by atoms with Crippen molar-refractivity contribution < 1.29 is 19.5 Å². The number of fused-ring (bicyclic) bond motifs is 2. The molecule has 4 N–H and O–H groups in total. The number of aromatic nitrogens is 3. The predicted octanol–water partition coefficient (Wildman–Crippen LogP) is 1.78. The first kappa shape index (κ1) is 26.0. The number of nitrogens with zero attached hydrogens (tertiary/aromatic N) is 2. The molecule has 0 aliphatic carbocycles. The number of carboxylic acids is 1. The zero-order valence-electron chi connectivity index (χ0n) is 21.3. The molecule has 2 aromatic carbocycles. The average Bonchev–Trinajstić information content (AvgIpc) is 3.34. The molecule has 11 nitrogen and oxygen atoms in total. The van der Waals surface area contributed by atoms with Gasteiger partial charge in [0, 0.05) is 36.6 Å². The van der Waals surface area contributed by atoms with E-state index in [9.17, 15) is 29.1 Å². The third-order valence-electron chi connectivity index (χ3n) is 7.42. The standard InChI is InChI=1S/C28H29N5O6/c1-16(25(35)32-12-10-17(11-13-32)27(37)38)30-24(34)23(14-18-15-29-21-8-4-2-6-19(18)21)33-26(36)20-7-3-5-9-22(20)31-28(33)39/h2-9,15-17,23,29H,10-14H2,1H3,(H,30,34)(H,31,39)(H,37,38)/t16-,23-/m0/s1. The summed E-state index contributed by atoms with van der Waals surface area (Å²) >= 11 is 0. The van der Waals surface area contributed by atoms with Crippen molar-refractivity contribution in [2.24, 2.45) is 5.92 Å². The summed E-state index contributed by atoms with van der Waals surface area (Å²) in [4.78, 5) is 72.0. The Hall–Kier alpha value is -4.67. The minimum atomic E-state index is -1.24. The fourth-order valence-electron chi connectivity index (χ4n) is 5.26. The van der Waals surface area contributed by atoms with Gasteiger partial charge in [0.25, 0.3) is 5.56 Å². The summed E-state index contributed by atoms with van der Waals surface area (Å²) in [6.07, 6.45) is 2.45. The van der Waals surface area contributed by atoms with E-state index in [1.165, 1.54) is 4.90 Å². The summed E-state index contributed by atoms with van der Waals surface area (Å²) in [5.41, 5.74) is 0.612. The van der Waals surface area contributed by atoms with Crippen molar-refractivity contribution in [3.63, 3.8) is 0 Å². The zero-order valence-corrected chi connectivity index (χ0v) is 21.3. The van der Waals surface area contributed by atoms with Gasteiger partial charge in [0.1, 0.15) is 12.1 Å². The van der Waals surface area contributed by atoms with Crippen LogP contribution in [-0.4, -0.2) is 61.5 Å². The number of likely N-dealkylation sites (tertiary alicyclic amines) is 1. The number of hydrogen-bond acceptors (Lipinski definition) is 5. The first-order valence-corrected chi connectivity index (χ1v) is 12.8. The highest BCUT2D eigenvalue weighted by molar-refractivity contribution is 5.90. The van der Waals surface area contributed by atoms with Crippen LogP contribution in [0.25, 0.3) is 21.8 Å². The number of carboxylic acid groups (broad SMARTS) is 1. The van der Waals surface area contributed by atoms with Gasteiger partial charge in [-0.05, 0) is 43.5 Å². The molecule has 2 aromatic heterocycles. The molecular weight excluding hydrogens is 502 g/mol. The molecule has 0 saturated carbocycles. The minimum Gasteiger partial charge on any atom is -0.481 e. The van der Waals surface area contributed by atoms with Crippen LogP contribution < -0.4 is 16.6 Å². The molecule has 2 amide bonds. The molecule has 4 aromatic rings. The molecule has 2 atom stereocenters. The maximum atomic E-state index is 13.7. The van der Waals surface area contributed by atoms with Crippen molar-refractivity contribution in [2.75, 3.05) is 13.1 Å². The number of H-pyrrole nitrogens is 2. The molecule has 0 spiro atoms. The number of amides is 2. The number of rotatable bonds is 7. The molecule has 0 radical (unpaired) electrons. The second kappa shape index (κ2) is 10.6. The first-order valence-electron chi connectivity index (χ1n) is 12.8. The number of nitrogens with one attached hydrogen (secondary N) is 3. The Balaban J connectivity index is 1.46. The SMILES string of the molecule is C[C@H](NC(=O)[C@H](Cc1c[nH]c2ccccc12)n1c(=O)[nH]c2ccccc2c1=O)C(=O)N1CCC(C(=O)O)CC1. The van der Waals surface area contributed by atoms with Crippen molar-refractivity contribution in [3.05, 3.63) is 81.1 Å². The average molecular weight is 532 g/mol. The molecule has 1 aliphatic rings. The Bertz CT molecular complexity index is 1680. The molecule has 39 heavy (non-hydrogen) atoms. The lowest BCUT2D eigenvalue weighted by atomic mass is 9.96. The van der Waals surface area contributed by atoms with E-state index in [0.29, 0.717) is 18.4 Å². The molecule has 3 heterocycles. The molecular formula is C28H29N5O6. The summed E-state index contributed by atoms with van der Waals surface area (Å²) < 4.78 is 0.912. The van der Waals surface area contributed by atoms with Crippen LogP contribution in [0, 0.1) is 5.92 Å². The number of carbonyl (C=O) groups excluding carboxylic acids is 2. The van der Waals surface area contributed by atoms with E-state index >= 15 is 0 Å². The molecule has 5 rings (SSSR count). The van der Waals surface area contributed by atoms with Gasteiger partial charge in [-0.25, -0.2) is 9.36 Å². The maximum Gasteiger partial charge on any atom is 0.329 e. The summed E-state index contributed by atoms with van der Waals surface area (Å²) in [7, 11) is 0. The highest BCUT2D eigenvalue weighted by atomic mass is 16.4. The second-order valence-corrected chi connectivity index (χ2v) is 9.90. The number of aliphatic carboxylic acids is 1. The molecule has 202 valence electrons. The van der Waals surface area contributed by atoms with Crippen LogP contribution in [0.5, 0.6) is 0 Å². The number of hydrogen-bond donors (Lipinski definition) is 4. The molecule has 11 heteroatoms. The van der Waals surface area contributed by atoms with Gasteiger partial charge in [-0.2, -0.15) is 0 Å². The number of piperidine rings is 1. The van der Waals surface area contributed by atoms with Gasteiger partial charge in [0.15, 0.2) is 0 Å². The third-order valence-corrected chi connectivity index (χ3v) is 7.42. The van der Waals surface area contributed by atoms with Crippen LogP contribution in [0.3, 0.4) is 0 Å². The van der Waals surface area contributed by atoms with E-state index in [-0.39, 0.29) is 30.8 Å². The van der Waals surface area contributed by atoms with Gasteiger partial charge in [0.05, 0.1) is 16.8 Å². The zero-order chi connectivity index (χ0) is 27.7. The Morgan fingerprint density at radius 3 is 2.33 bits per heavy atom. The van der Waals surface area contributed by atoms with E-state index in [2.05, 4.69) is 15.3 Å². The van der Waals surface area contributed by atoms with Crippen molar-refractivity contribution in [1.29, 1.82) is 0 Å². The lowest BCUT2D eigenvalue weighted by molar-refractivity contribution is -0.146. The van der Waals surface area contributed by atoms with Gasteiger partial charge in [-0.1, -0.05) is 30.3 Å². The van der Waals surface area contributed by atoms with Crippen LogP contribution in [-0.2, 0) is 20.8 Å². The molecule has 0 unspecified atom stereocenters. The van der Waals surface area contributed by atoms with Gasteiger partial charge in [0.2, 0.25) is 11.8 Å². The van der Waals surface area contributed by atoms with E-state index in [1.54, 1.807) is 37.4 Å². The summed E-state index contributed by atoms with van der Waals surface area (Å²) in [6.45, 7) is 2.09. The van der Waals surface area contributed by atoms with E-state index in [4.69, 9.17) is 0 Å². The van der Waals surface area contributed by atoms with Crippen molar-refractivity contribution in [1.82, 2.24) is 24.8 Å². The van der Waals surface area contributed by atoms with Crippen LogP contribution in [0.1, 0.15) is 31.4 Å². The molecule has 1 saturated heterocycles. The number of aromatic amines is 2. The fraction of sp³-hybridized carbons (Fsp3) is 0.321. The molecule has 1 aliphatic heterocycles. The Morgan fingerprint density at radius 2 is 1.64 bits per heavy atom. The van der Waals surface area contributed by atoms with E-state index in [0.717, 1.165) is 21.0 Å². The third kappa shape index (κ3) is 5.07. The van der Waals surface area contributed by atoms with Crippen molar-refractivity contribution in [2.45, 2.75) is 38.3 Å².